The molecule has 0 saturated carbocycles. The lowest BCUT2D eigenvalue weighted by Gasteiger charge is -2.09. The third kappa shape index (κ3) is 2.79. The van der Waals surface area contributed by atoms with Crippen molar-refractivity contribution in [1.82, 2.24) is 14.4 Å². The molecule has 0 aliphatic heterocycles. The van der Waals surface area contributed by atoms with Gasteiger partial charge in [-0.1, -0.05) is 24.3 Å². The molecule has 7 nitrogen and oxygen atoms in total. The first-order valence-electron chi connectivity index (χ1n) is 8.03. The summed E-state index contributed by atoms with van der Waals surface area (Å²) in [5.41, 5.74) is 3.18. The number of imidazole rings is 1. The number of nitrogens with one attached hydrogen (secondary N) is 1. The Morgan fingerprint density at radius 3 is 2.65 bits per heavy atom. The van der Waals surface area contributed by atoms with Gasteiger partial charge < -0.3 is 15.2 Å². The van der Waals surface area contributed by atoms with Crippen LogP contribution in [0.15, 0.2) is 54.7 Å². The Morgan fingerprint density at radius 1 is 1.15 bits per heavy atom. The highest BCUT2D eigenvalue weighted by Crippen LogP contribution is 2.22. The van der Waals surface area contributed by atoms with E-state index >= 15 is 0 Å². The van der Waals surface area contributed by atoms with E-state index in [9.17, 15) is 9.90 Å². The molecule has 2 aromatic heterocycles. The van der Waals surface area contributed by atoms with E-state index in [2.05, 4.69) is 15.3 Å². The number of hydrogen-bond acceptors (Lipinski definition) is 5. The Bertz CT molecular complexity index is 1100. The van der Waals surface area contributed by atoms with Gasteiger partial charge in [0.2, 0.25) is 0 Å². The van der Waals surface area contributed by atoms with Gasteiger partial charge in [-0.2, -0.15) is 0 Å². The van der Waals surface area contributed by atoms with Gasteiger partial charge in [0.15, 0.2) is 17.2 Å². The number of methoxy groups -OCH3 is 1. The summed E-state index contributed by atoms with van der Waals surface area (Å²) in [6.45, 7) is 0.485. The zero-order valence-electron chi connectivity index (χ0n) is 14.0. The number of para-hydroxylation sites is 2. The molecule has 4 rings (SSSR count). The molecule has 2 heterocycles. The summed E-state index contributed by atoms with van der Waals surface area (Å²) in [4.78, 5) is 20.3. The van der Waals surface area contributed by atoms with Gasteiger partial charge in [-0.3, -0.25) is 4.40 Å². The fraction of sp³-hybridized carbons (Fsp3) is 0.105. The normalized spacial score (nSPS) is 11.0. The van der Waals surface area contributed by atoms with Crippen LogP contribution in [0, 0.1) is 0 Å². The maximum atomic E-state index is 11.5. The van der Waals surface area contributed by atoms with Crippen LogP contribution in [0.3, 0.4) is 0 Å². The minimum absolute atomic E-state index is 0.0436. The number of aromatic carboxylic acids is 1. The molecule has 7 heteroatoms. The van der Waals surface area contributed by atoms with E-state index in [-0.39, 0.29) is 5.69 Å². The lowest BCUT2D eigenvalue weighted by atomic mass is 10.2. The lowest BCUT2D eigenvalue weighted by molar-refractivity contribution is 0.0690. The van der Waals surface area contributed by atoms with Crippen LogP contribution in [0.1, 0.15) is 16.1 Å². The van der Waals surface area contributed by atoms with Crippen molar-refractivity contribution in [1.29, 1.82) is 0 Å². The van der Waals surface area contributed by atoms with Gasteiger partial charge in [-0.05, 0) is 29.8 Å². The fourth-order valence-corrected chi connectivity index (χ4v) is 2.81. The van der Waals surface area contributed by atoms with Crippen molar-refractivity contribution < 1.29 is 14.6 Å². The SMILES string of the molecule is COc1ccc(CNc2nc(C(=O)O)cn3c2nc2ccccc23)cc1. The number of aromatic nitrogens is 3. The highest BCUT2D eigenvalue weighted by atomic mass is 16.5. The predicted molar refractivity (Wildman–Crippen MR) is 97.8 cm³/mol. The van der Waals surface area contributed by atoms with Crippen molar-refractivity contribution in [3.8, 4) is 5.75 Å². The first kappa shape index (κ1) is 15.9. The first-order valence-corrected chi connectivity index (χ1v) is 8.03. The number of ether oxygens (including phenoxy) is 1. The lowest BCUT2D eigenvalue weighted by Crippen LogP contribution is -2.09. The molecule has 2 aromatic carbocycles. The molecule has 0 aliphatic rings. The van der Waals surface area contributed by atoms with Gasteiger partial charge in [-0.15, -0.1) is 0 Å². The van der Waals surface area contributed by atoms with Gasteiger partial charge in [0.25, 0.3) is 0 Å². The Balaban J connectivity index is 1.75. The summed E-state index contributed by atoms with van der Waals surface area (Å²) in [5.74, 6) is 0.121. The molecular formula is C19H16N4O3. The second kappa shape index (κ2) is 6.36. The summed E-state index contributed by atoms with van der Waals surface area (Å²) >= 11 is 0. The number of rotatable bonds is 5. The van der Waals surface area contributed by atoms with Crippen LogP contribution in [0.25, 0.3) is 16.7 Å². The first-order chi connectivity index (χ1) is 12.7. The molecule has 0 saturated heterocycles. The van der Waals surface area contributed by atoms with E-state index in [4.69, 9.17) is 4.74 Å². The van der Waals surface area contributed by atoms with E-state index in [1.54, 1.807) is 11.5 Å². The van der Waals surface area contributed by atoms with Crippen LogP contribution >= 0.6 is 0 Å². The second-order valence-corrected chi connectivity index (χ2v) is 5.78. The number of carbonyl (C=O) groups is 1. The Hall–Kier alpha value is -3.61. The minimum atomic E-state index is -1.09. The van der Waals surface area contributed by atoms with Crippen LogP contribution < -0.4 is 10.1 Å². The maximum Gasteiger partial charge on any atom is 0.356 e. The van der Waals surface area contributed by atoms with Gasteiger partial charge in [0.1, 0.15) is 5.75 Å². The van der Waals surface area contributed by atoms with Crippen molar-refractivity contribution in [3.05, 3.63) is 66.0 Å². The summed E-state index contributed by atoms with van der Waals surface area (Å²) in [7, 11) is 1.62. The molecule has 4 aromatic rings. The van der Waals surface area contributed by atoms with Crippen molar-refractivity contribution in [3.63, 3.8) is 0 Å². The summed E-state index contributed by atoms with van der Waals surface area (Å²) in [5, 5.41) is 12.6. The molecule has 2 N–H and O–H groups in total. The van der Waals surface area contributed by atoms with Crippen molar-refractivity contribution in [2.24, 2.45) is 0 Å². The molecule has 0 amide bonds. The molecule has 0 radical (unpaired) electrons. The smallest absolute Gasteiger partial charge is 0.356 e. The standard InChI is InChI=1S/C19H16N4O3/c1-26-13-8-6-12(7-9-13)10-20-17-18-22-14-4-2-3-5-16(14)23(18)11-15(21-17)19(24)25/h2-9,11H,10H2,1H3,(H,20,21)(H,24,25). The summed E-state index contributed by atoms with van der Waals surface area (Å²) < 4.78 is 6.91. The van der Waals surface area contributed by atoms with Crippen LogP contribution in [-0.4, -0.2) is 32.6 Å². The number of anilines is 1. The maximum absolute atomic E-state index is 11.5. The highest BCUT2D eigenvalue weighted by molar-refractivity contribution is 5.89. The van der Waals surface area contributed by atoms with Gasteiger partial charge in [0.05, 0.1) is 18.1 Å². The number of carboxylic acid groups (broad SMARTS) is 1. The number of benzene rings is 2. The molecule has 0 unspecified atom stereocenters. The third-order valence-electron chi connectivity index (χ3n) is 4.13. The van der Waals surface area contributed by atoms with Gasteiger partial charge in [0, 0.05) is 12.7 Å². The molecule has 0 atom stereocenters. The minimum Gasteiger partial charge on any atom is -0.497 e. The molecule has 130 valence electrons. The molecular weight excluding hydrogens is 332 g/mol. The average molecular weight is 348 g/mol. The zero-order chi connectivity index (χ0) is 18.1. The molecule has 0 aliphatic carbocycles. The Kier molecular flexibility index (Phi) is 3.89. The number of nitrogens with zero attached hydrogens (tertiary/aromatic N) is 3. The second-order valence-electron chi connectivity index (χ2n) is 5.78. The number of hydrogen-bond donors (Lipinski definition) is 2. The van der Waals surface area contributed by atoms with Crippen molar-refractivity contribution in [2.45, 2.75) is 6.54 Å². The largest absolute Gasteiger partial charge is 0.497 e. The summed E-state index contributed by atoms with van der Waals surface area (Å²) in [6.07, 6.45) is 1.49. The van der Waals surface area contributed by atoms with E-state index in [0.717, 1.165) is 22.3 Å². The molecule has 0 fully saturated rings. The summed E-state index contributed by atoms with van der Waals surface area (Å²) in [6, 6.07) is 15.2. The zero-order valence-corrected chi connectivity index (χ0v) is 14.0. The monoisotopic (exact) mass is 348 g/mol. The van der Waals surface area contributed by atoms with Crippen LogP contribution in [-0.2, 0) is 6.54 Å². The Labute approximate surface area is 148 Å². The predicted octanol–water partition coefficient (Wildman–Crippen LogP) is 3.20. The van der Waals surface area contributed by atoms with Crippen LogP contribution in [0.5, 0.6) is 5.75 Å². The number of carboxylic acids is 1. The molecule has 26 heavy (non-hydrogen) atoms. The van der Waals surface area contributed by atoms with E-state index in [0.29, 0.717) is 18.0 Å². The van der Waals surface area contributed by atoms with E-state index in [1.165, 1.54) is 6.20 Å². The van der Waals surface area contributed by atoms with Crippen molar-refractivity contribution >= 4 is 28.5 Å². The van der Waals surface area contributed by atoms with E-state index < -0.39 is 5.97 Å². The molecule has 0 bridgehead atoms. The van der Waals surface area contributed by atoms with E-state index in [1.807, 2.05) is 48.5 Å². The van der Waals surface area contributed by atoms with Gasteiger partial charge >= 0.3 is 5.97 Å². The van der Waals surface area contributed by atoms with Gasteiger partial charge in [-0.25, -0.2) is 14.8 Å². The number of fused-ring (bicyclic) bond motifs is 3. The third-order valence-corrected chi connectivity index (χ3v) is 4.13. The topological polar surface area (TPSA) is 88.8 Å². The van der Waals surface area contributed by atoms with Crippen LogP contribution in [0.2, 0.25) is 0 Å². The quantitative estimate of drug-likeness (QED) is 0.576. The fourth-order valence-electron chi connectivity index (χ4n) is 2.81. The molecule has 0 spiro atoms. The van der Waals surface area contributed by atoms with Crippen LogP contribution in [0.4, 0.5) is 5.82 Å². The highest BCUT2D eigenvalue weighted by Gasteiger charge is 2.15. The Morgan fingerprint density at radius 2 is 1.92 bits per heavy atom. The average Bonchev–Trinajstić information content (AvgIpc) is 3.05. The van der Waals surface area contributed by atoms with Crippen molar-refractivity contribution in [2.75, 3.05) is 12.4 Å².